The number of carboxylic acid groups (broad SMARTS) is 1. The average molecular weight is 254 g/mol. The van der Waals surface area contributed by atoms with Gasteiger partial charge in [-0.05, 0) is 70.7 Å². The molecule has 18 heavy (non-hydrogen) atoms. The van der Waals surface area contributed by atoms with Gasteiger partial charge in [0.25, 0.3) is 0 Å². The summed E-state index contributed by atoms with van der Waals surface area (Å²) < 4.78 is 0. The largest absolute Gasteiger partial charge is 0.481 e. The van der Waals surface area contributed by atoms with Crippen molar-refractivity contribution >= 4 is 5.97 Å². The van der Waals surface area contributed by atoms with Gasteiger partial charge in [0.15, 0.2) is 0 Å². The molecule has 0 aromatic rings. The van der Waals surface area contributed by atoms with Crippen molar-refractivity contribution in [3.05, 3.63) is 0 Å². The fourth-order valence-electron chi connectivity index (χ4n) is 3.20. The first-order chi connectivity index (χ1) is 8.74. The Hall–Kier alpha value is -0.610. The van der Waals surface area contributed by atoms with E-state index in [4.69, 9.17) is 5.11 Å². The van der Waals surface area contributed by atoms with Crippen molar-refractivity contribution in [1.29, 1.82) is 0 Å². The number of likely N-dealkylation sites (tertiary alicyclic amines) is 2. The minimum absolute atomic E-state index is 0.340. The quantitative estimate of drug-likeness (QED) is 0.750. The molecule has 2 heterocycles. The molecule has 4 heteroatoms. The molecular formula is C14H26N2O2. The summed E-state index contributed by atoms with van der Waals surface area (Å²) in [4.78, 5) is 15.6. The van der Waals surface area contributed by atoms with Crippen LogP contribution < -0.4 is 0 Å². The third-order valence-corrected chi connectivity index (χ3v) is 4.28. The molecule has 2 aliphatic heterocycles. The summed E-state index contributed by atoms with van der Waals surface area (Å²) in [5.41, 5.74) is 0. The van der Waals surface area contributed by atoms with Crippen molar-refractivity contribution in [2.24, 2.45) is 5.92 Å². The smallest absolute Gasteiger partial charge is 0.303 e. The van der Waals surface area contributed by atoms with E-state index in [9.17, 15) is 4.79 Å². The Labute approximate surface area is 110 Å². The molecule has 104 valence electrons. The molecule has 0 saturated carbocycles. The highest BCUT2D eigenvalue weighted by molar-refractivity contribution is 5.66. The summed E-state index contributed by atoms with van der Waals surface area (Å²) in [6.45, 7) is 7.32. The first-order valence-corrected chi connectivity index (χ1v) is 7.40. The third kappa shape index (κ3) is 4.58. The molecule has 1 unspecified atom stereocenters. The molecule has 2 rings (SSSR count). The topological polar surface area (TPSA) is 43.8 Å². The fourth-order valence-corrected chi connectivity index (χ4v) is 3.20. The van der Waals surface area contributed by atoms with Crippen LogP contribution in [0.1, 0.15) is 38.5 Å². The van der Waals surface area contributed by atoms with Gasteiger partial charge in [0, 0.05) is 13.0 Å². The van der Waals surface area contributed by atoms with Gasteiger partial charge < -0.3 is 14.9 Å². The molecule has 2 aliphatic rings. The predicted molar refractivity (Wildman–Crippen MR) is 71.7 cm³/mol. The summed E-state index contributed by atoms with van der Waals surface area (Å²) in [6, 6.07) is 0. The molecular weight excluding hydrogens is 228 g/mol. The lowest BCUT2D eigenvalue weighted by Gasteiger charge is -2.19. The number of rotatable bonds is 7. The van der Waals surface area contributed by atoms with Gasteiger partial charge in [0.2, 0.25) is 0 Å². The van der Waals surface area contributed by atoms with Crippen LogP contribution in [-0.2, 0) is 4.79 Å². The van der Waals surface area contributed by atoms with Gasteiger partial charge in [-0.3, -0.25) is 4.79 Å². The van der Waals surface area contributed by atoms with Gasteiger partial charge in [-0.2, -0.15) is 0 Å². The number of carbonyl (C=O) groups is 1. The van der Waals surface area contributed by atoms with E-state index in [0.29, 0.717) is 12.3 Å². The highest BCUT2D eigenvalue weighted by atomic mass is 16.4. The van der Waals surface area contributed by atoms with Gasteiger partial charge in [-0.1, -0.05) is 0 Å². The molecule has 0 amide bonds. The van der Waals surface area contributed by atoms with Gasteiger partial charge in [-0.25, -0.2) is 0 Å². The van der Waals surface area contributed by atoms with E-state index in [1.807, 2.05) is 0 Å². The van der Waals surface area contributed by atoms with Crippen molar-refractivity contribution in [2.45, 2.75) is 38.5 Å². The maximum absolute atomic E-state index is 10.5. The molecule has 0 aromatic heterocycles. The van der Waals surface area contributed by atoms with Crippen molar-refractivity contribution in [3.8, 4) is 0 Å². The minimum atomic E-state index is -0.650. The van der Waals surface area contributed by atoms with E-state index in [0.717, 1.165) is 13.0 Å². The second-order valence-corrected chi connectivity index (χ2v) is 5.79. The Bertz CT molecular complexity index is 265. The molecule has 0 aliphatic carbocycles. The molecule has 0 aromatic carbocycles. The van der Waals surface area contributed by atoms with Crippen LogP contribution in [0, 0.1) is 5.92 Å². The molecule has 4 nitrogen and oxygen atoms in total. The zero-order valence-electron chi connectivity index (χ0n) is 11.3. The van der Waals surface area contributed by atoms with E-state index >= 15 is 0 Å². The summed E-state index contributed by atoms with van der Waals surface area (Å²) >= 11 is 0. The number of aliphatic carboxylic acids is 1. The third-order valence-electron chi connectivity index (χ3n) is 4.28. The molecule has 1 atom stereocenters. The van der Waals surface area contributed by atoms with Crippen LogP contribution in [0.15, 0.2) is 0 Å². The van der Waals surface area contributed by atoms with E-state index in [1.165, 1.54) is 58.4 Å². The first kappa shape index (κ1) is 13.8. The Morgan fingerprint density at radius 3 is 2.56 bits per heavy atom. The lowest BCUT2D eigenvalue weighted by molar-refractivity contribution is -0.137. The normalized spacial score (nSPS) is 25.9. The zero-order valence-corrected chi connectivity index (χ0v) is 11.3. The monoisotopic (exact) mass is 254 g/mol. The van der Waals surface area contributed by atoms with Crippen LogP contribution in [0.25, 0.3) is 0 Å². The summed E-state index contributed by atoms with van der Waals surface area (Å²) in [5.74, 6) is -0.0321. The lowest BCUT2D eigenvalue weighted by Crippen LogP contribution is -2.27. The van der Waals surface area contributed by atoms with E-state index in [1.54, 1.807) is 0 Å². The van der Waals surface area contributed by atoms with Crippen molar-refractivity contribution in [2.75, 3.05) is 39.3 Å². The number of nitrogens with zero attached hydrogens (tertiary/aromatic N) is 2. The van der Waals surface area contributed by atoms with Crippen LogP contribution in [-0.4, -0.2) is 60.1 Å². The Balaban J connectivity index is 1.53. The highest BCUT2D eigenvalue weighted by Crippen LogP contribution is 2.21. The summed E-state index contributed by atoms with van der Waals surface area (Å²) in [6.07, 6.45) is 6.41. The first-order valence-electron chi connectivity index (χ1n) is 7.40. The summed E-state index contributed by atoms with van der Waals surface area (Å²) in [5, 5.41) is 8.68. The lowest BCUT2D eigenvalue weighted by atomic mass is 10.0. The number of hydrogen-bond acceptors (Lipinski definition) is 3. The number of carboxylic acids is 1. The zero-order chi connectivity index (χ0) is 12.8. The number of hydrogen-bond donors (Lipinski definition) is 1. The van der Waals surface area contributed by atoms with Crippen LogP contribution >= 0.6 is 0 Å². The van der Waals surface area contributed by atoms with E-state index in [-0.39, 0.29) is 0 Å². The van der Waals surface area contributed by atoms with Gasteiger partial charge in [0.05, 0.1) is 0 Å². The highest BCUT2D eigenvalue weighted by Gasteiger charge is 2.22. The SMILES string of the molecule is O=C(O)CCC1CCN(CCCN2CCCC2)C1. The molecule has 0 bridgehead atoms. The van der Waals surface area contributed by atoms with Crippen molar-refractivity contribution < 1.29 is 9.90 Å². The van der Waals surface area contributed by atoms with Crippen LogP contribution in [0.4, 0.5) is 0 Å². The fraction of sp³-hybridized carbons (Fsp3) is 0.929. The Morgan fingerprint density at radius 2 is 1.83 bits per heavy atom. The van der Waals surface area contributed by atoms with Crippen molar-refractivity contribution in [3.63, 3.8) is 0 Å². The molecule has 2 saturated heterocycles. The minimum Gasteiger partial charge on any atom is -0.481 e. The molecule has 2 fully saturated rings. The average Bonchev–Trinajstić information content (AvgIpc) is 2.97. The Morgan fingerprint density at radius 1 is 1.11 bits per heavy atom. The van der Waals surface area contributed by atoms with Gasteiger partial charge in [0.1, 0.15) is 0 Å². The van der Waals surface area contributed by atoms with Crippen molar-refractivity contribution in [1.82, 2.24) is 9.80 Å². The molecule has 0 radical (unpaired) electrons. The van der Waals surface area contributed by atoms with Gasteiger partial charge >= 0.3 is 5.97 Å². The van der Waals surface area contributed by atoms with E-state index < -0.39 is 5.97 Å². The molecule has 0 spiro atoms. The van der Waals surface area contributed by atoms with Gasteiger partial charge in [-0.15, -0.1) is 0 Å². The van der Waals surface area contributed by atoms with Crippen LogP contribution in [0.5, 0.6) is 0 Å². The maximum atomic E-state index is 10.5. The predicted octanol–water partition coefficient (Wildman–Crippen LogP) is 1.66. The molecule has 1 N–H and O–H groups in total. The van der Waals surface area contributed by atoms with Crippen LogP contribution in [0.2, 0.25) is 0 Å². The second-order valence-electron chi connectivity index (χ2n) is 5.79. The maximum Gasteiger partial charge on any atom is 0.303 e. The standard InChI is InChI=1S/C14H26N2O2/c17-14(18)5-4-13-6-11-16(12-13)10-3-9-15-7-1-2-8-15/h13H,1-12H2,(H,17,18). The Kier molecular flexibility index (Phi) is 5.45. The van der Waals surface area contributed by atoms with E-state index in [2.05, 4.69) is 9.80 Å². The van der Waals surface area contributed by atoms with Crippen LogP contribution in [0.3, 0.4) is 0 Å². The summed E-state index contributed by atoms with van der Waals surface area (Å²) in [7, 11) is 0. The second kappa shape index (κ2) is 7.10.